The molecule has 0 aliphatic heterocycles. The number of ether oxygens (including phenoxy) is 2. The molecule has 0 radical (unpaired) electrons. The Labute approximate surface area is 117 Å². The summed E-state index contributed by atoms with van der Waals surface area (Å²) in [7, 11) is 0. The highest BCUT2D eigenvalue weighted by molar-refractivity contribution is 5.83. The Morgan fingerprint density at radius 1 is 1.43 bits per heavy atom. The Morgan fingerprint density at radius 3 is 2.57 bits per heavy atom. The van der Waals surface area contributed by atoms with Gasteiger partial charge in [0.05, 0.1) is 24.2 Å². The number of hydrogen-bond donors (Lipinski definition) is 0. The molecule has 0 bridgehead atoms. The lowest BCUT2D eigenvalue weighted by atomic mass is 10.0. The maximum Gasteiger partial charge on any atom is 0.573 e. The Hall–Kier alpha value is -2.56. The predicted octanol–water partition coefficient (Wildman–Crippen LogP) is 2.37. The minimum Gasteiger partial charge on any atom is -0.466 e. The summed E-state index contributed by atoms with van der Waals surface area (Å²) >= 11 is 0. The van der Waals surface area contributed by atoms with Crippen LogP contribution in [-0.4, -0.2) is 25.2 Å². The first-order valence-corrected chi connectivity index (χ1v) is 5.74. The summed E-state index contributed by atoms with van der Waals surface area (Å²) in [6.45, 7) is 1.66. The van der Waals surface area contributed by atoms with Crippen LogP contribution in [0.3, 0.4) is 0 Å². The van der Waals surface area contributed by atoms with E-state index in [2.05, 4.69) is 9.47 Å². The number of esters is 1. The fourth-order valence-corrected chi connectivity index (χ4v) is 1.60. The summed E-state index contributed by atoms with van der Waals surface area (Å²) in [5.41, 5.74) is -0.970. The molecular weight excluding hydrogens is 291 g/mol. The molecule has 1 aromatic rings. The van der Waals surface area contributed by atoms with Crippen LogP contribution >= 0.6 is 0 Å². The Kier molecular flexibility index (Phi) is 5.30. The lowest BCUT2D eigenvalue weighted by Crippen LogP contribution is -2.20. The van der Waals surface area contributed by atoms with Crippen molar-refractivity contribution in [2.24, 2.45) is 0 Å². The third-order valence-corrected chi connectivity index (χ3v) is 2.37. The molecule has 0 saturated heterocycles. The number of hydrogen-bond acceptors (Lipinski definition) is 5. The van der Waals surface area contributed by atoms with E-state index in [1.54, 1.807) is 6.92 Å². The zero-order valence-corrected chi connectivity index (χ0v) is 10.9. The number of carbonyl (C=O) groups excluding carboxylic acids is 2. The predicted molar refractivity (Wildman–Crippen MR) is 63.6 cm³/mol. The van der Waals surface area contributed by atoms with E-state index in [4.69, 9.17) is 5.26 Å². The normalized spacial score (nSPS) is 10.6. The number of aldehydes is 1. The van der Waals surface area contributed by atoms with Crippen LogP contribution in [0.1, 0.15) is 28.4 Å². The summed E-state index contributed by atoms with van der Waals surface area (Å²) in [6.07, 6.45) is -5.33. The van der Waals surface area contributed by atoms with E-state index in [0.717, 1.165) is 6.07 Å². The van der Waals surface area contributed by atoms with Gasteiger partial charge in [-0.2, -0.15) is 5.26 Å². The average molecular weight is 301 g/mol. The fourth-order valence-electron chi connectivity index (χ4n) is 1.60. The second kappa shape index (κ2) is 6.74. The van der Waals surface area contributed by atoms with Crippen LogP contribution in [-0.2, 0) is 16.0 Å². The number of rotatable bonds is 5. The van der Waals surface area contributed by atoms with Gasteiger partial charge in [-0.3, -0.25) is 9.59 Å². The zero-order chi connectivity index (χ0) is 16.0. The third kappa shape index (κ3) is 4.49. The lowest BCUT2D eigenvalue weighted by Gasteiger charge is -2.14. The summed E-state index contributed by atoms with van der Waals surface area (Å²) in [5.74, 6) is -1.62. The van der Waals surface area contributed by atoms with Crippen LogP contribution in [0.4, 0.5) is 13.2 Å². The van der Waals surface area contributed by atoms with E-state index in [1.165, 1.54) is 12.1 Å². The smallest absolute Gasteiger partial charge is 0.466 e. The van der Waals surface area contributed by atoms with E-state index in [-0.39, 0.29) is 18.5 Å². The molecule has 0 unspecified atom stereocenters. The first kappa shape index (κ1) is 16.5. The molecule has 0 spiro atoms. The number of halogens is 3. The number of nitriles is 1. The van der Waals surface area contributed by atoms with Crippen LogP contribution in [0.15, 0.2) is 12.1 Å². The standard InChI is InChI=1S/C13H10F3NO4/c1-2-20-11(19)5-8-3-4-9(7-18)12(10(8)6-17)21-13(14,15)16/h3-4,7H,2,5H2,1H3. The quantitative estimate of drug-likeness (QED) is 0.616. The molecule has 21 heavy (non-hydrogen) atoms. The number of nitrogens with zero attached hydrogens (tertiary/aromatic N) is 1. The van der Waals surface area contributed by atoms with E-state index in [0.29, 0.717) is 0 Å². The highest BCUT2D eigenvalue weighted by atomic mass is 19.4. The molecule has 112 valence electrons. The monoisotopic (exact) mass is 301 g/mol. The average Bonchev–Trinajstić information content (AvgIpc) is 2.37. The lowest BCUT2D eigenvalue weighted by molar-refractivity contribution is -0.274. The van der Waals surface area contributed by atoms with Crippen LogP contribution in [0.25, 0.3) is 0 Å². The molecule has 0 fully saturated rings. The van der Waals surface area contributed by atoms with Gasteiger partial charge in [-0.15, -0.1) is 13.2 Å². The van der Waals surface area contributed by atoms with Gasteiger partial charge in [0.2, 0.25) is 0 Å². The Bertz CT molecular complexity index is 590. The number of alkyl halides is 3. The minimum absolute atomic E-state index is 0.0131. The first-order chi connectivity index (χ1) is 9.82. The molecule has 1 rings (SSSR count). The van der Waals surface area contributed by atoms with Crippen LogP contribution < -0.4 is 4.74 Å². The van der Waals surface area contributed by atoms with Crippen molar-refractivity contribution < 1.29 is 32.2 Å². The van der Waals surface area contributed by atoms with Gasteiger partial charge in [-0.25, -0.2) is 0 Å². The molecule has 1 aromatic carbocycles. The third-order valence-electron chi connectivity index (χ3n) is 2.37. The van der Waals surface area contributed by atoms with Gasteiger partial charge in [0.25, 0.3) is 0 Å². The highest BCUT2D eigenvalue weighted by Crippen LogP contribution is 2.31. The van der Waals surface area contributed by atoms with Gasteiger partial charge < -0.3 is 9.47 Å². The Balaban J connectivity index is 3.29. The molecule has 0 amide bonds. The van der Waals surface area contributed by atoms with Gasteiger partial charge >= 0.3 is 12.3 Å². The van der Waals surface area contributed by atoms with Crippen LogP contribution in [0, 0.1) is 11.3 Å². The SMILES string of the molecule is CCOC(=O)Cc1ccc(C=O)c(OC(F)(F)F)c1C#N. The molecule has 0 aromatic heterocycles. The van der Waals surface area contributed by atoms with Crippen molar-refractivity contribution >= 4 is 12.3 Å². The van der Waals surface area contributed by atoms with Crippen molar-refractivity contribution in [2.75, 3.05) is 6.61 Å². The maximum absolute atomic E-state index is 12.3. The highest BCUT2D eigenvalue weighted by Gasteiger charge is 2.34. The van der Waals surface area contributed by atoms with Crippen molar-refractivity contribution in [3.05, 3.63) is 28.8 Å². The van der Waals surface area contributed by atoms with Crippen molar-refractivity contribution in [3.8, 4) is 11.8 Å². The van der Waals surface area contributed by atoms with Gasteiger partial charge in [0.1, 0.15) is 6.07 Å². The molecule has 0 aliphatic carbocycles. The summed E-state index contributed by atoms with van der Waals surface area (Å²) in [4.78, 5) is 22.1. The molecule has 0 saturated carbocycles. The molecule has 8 heteroatoms. The van der Waals surface area contributed by atoms with E-state index >= 15 is 0 Å². The minimum atomic E-state index is -5.06. The molecule has 0 aliphatic rings. The largest absolute Gasteiger partial charge is 0.573 e. The molecular formula is C13H10F3NO4. The van der Waals surface area contributed by atoms with Crippen molar-refractivity contribution in [1.82, 2.24) is 0 Å². The summed E-state index contributed by atoms with van der Waals surface area (Å²) in [5, 5.41) is 8.99. The topological polar surface area (TPSA) is 76.4 Å². The number of benzene rings is 1. The molecule has 0 N–H and O–H groups in total. The molecule has 0 atom stereocenters. The summed E-state index contributed by atoms with van der Waals surface area (Å²) < 4.78 is 45.4. The zero-order valence-electron chi connectivity index (χ0n) is 10.9. The fraction of sp³-hybridized carbons (Fsp3) is 0.308. The van der Waals surface area contributed by atoms with Crippen LogP contribution in [0.2, 0.25) is 0 Å². The van der Waals surface area contributed by atoms with Gasteiger partial charge in [0, 0.05) is 0 Å². The first-order valence-electron chi connectivity index (χ1n) is 5.74. The Morgan fingerprint density at radius 2 is 2.10 bits per heavy atom. The molecule has 5 nitrogen and oxygen atoms in total. The maximum atomic E-state index is 12.3. The van der Waals surface area contributed by atoms with Crippen molar-refractivity contribution in [3.63, 3.8) is 0 Å². The van der Waals surface area contributed by atoms with E-state index < -0.39 is 35.6 Å². The number of carbonyl (C=O) groups is 2. The van der Waals surface area contributed by atoms with Gasteiger partial charge in [-0.05, 0) is 18.6 Å². The summed E-state index contributed by atoms with van der Waals surface area (Å²) in [6, 6.07) is 3.77. The van der Waals surface area contributed by atoms with E-state index in [1.807, 2.05) is 0 Å². The van der Waals surface area contributed by atoms with E-state index in [9.17, 15) is 22.8 Å². The second-order valence-electron chi connectivity index (χ2n) is 3.78. The second-order valence-corrected chi connectivity index (χ2v) is 3.78. The van der Waals surface area contributed by atoms with Gasteiger partial charge in [0.15, 0.2) is 12.0 Å². The molecule has 0 heterocycles. The van der Waals surface area contributed by atoms with Gasteiger partial charge in [-0.1, -0.05) is 6.07 Å². The van der Waals surface area contributed by atoms with Crippen LogP contribution in [0.5, 0.6) is 5.75 Å². The van der Waals surface area contributed by atoms with Crippen molar-refractivity contribution in [1.29, 1.82) is 5.26 Å². The van der Waals surface area contributed by atoms with Crippen molar-refractivity contribution in [2.45, 2.75) is 19.7 Å².